The minimum absolute atomic E-state index is 0.626. The number of aryl methyl sites for hydroxylation is 2. The van der Waals surface area contributed by atoms with Crippen molar-refractivity contribution in [1.29, 1.82) is 0 Å². The largest absolute Gasteiger partial charge is 0.399 e. The molecule has 1 aromatic carbocycles. The molecule has 2 aromatic rings. The summed E-state index contributed by atoms with van der Waals surface area (Å²) in [6.45, 7) is 3.30. The third-order valence-electron chi connectivity index (χ3n) is 2.85. The van der Waals surface area contributed by atoms with Gasteiger partial charge in [0.1, 0.15) is 0 Å². The molecule has 0 fully saturated rings. The number of anilines is 1. The summed E-state index contributed by atoms with van der Waals surface area (Å²) in [6.07, 6.45) is 2.19. The van der Waals surface area contributed by atoms with Crippen molar-refractivity contribution in [3.63, 3.8) is 0 Å². The lowest BCUT2D eigenvalue weighted by Crippen LogP contribution is -2.00. The Balaban J connectivity index is 1.85. The van der Waals surface area contributed by atoms with Gasteiger partial charge in [-0.15, -0.1) is 0 Å². The number of rotatable bonds is 7. The first-order valence-corrected chi connectivity index (χ1v) is 6.52. The normalized spacial score (nSPS) is 10.8. The molecule has 0 bridgehead atoms. The first-order chi connectivity index (χ1) is 9.29. The second-order valence-electron chi connectivity index (χ2n) is 4.25. The Kier molecular flexibility index (Phi) is 4.92. The van der Waals surface area contributed by atoms with Crippen molar-refractivity contribution >= 4 is 5.69 Å². The van der Waals surface area contributed by atoms with Crippen LogP contribution in [0.2, 0.25) is 0 Å². The van der Waals surface area contributed by atoms with Crippen molar-refractivity contribution in [2.24, 2.45) is 0 Å². The molecular formula is C14H19N3O2. The standard InChI is InChI=1S/C14H19N3O2/c1-2-18-10-9-13-16-14(19-17-13)8-7-11-5-3-4-6-12(11)15/h3-6H,2,7-10,15H2,1H3. The molecule has 0 radical (unpaired) electrons. The highest BCUT2D eigenvalue weighted by Gasteiger charge is 2.07. The Bertz CT molecular complexity index is 511. The summed E-state index contributed by atoms with van der Waals surface area (Å²) in [6, 6.07) is 7.82. The van der Waals surface area contributed by atoms with Gasteiger partial charge in [0.15, 0.2) is 5.82 Å². The molecule has 0 atom stereocenters. The summed E-state index contributed by atoms with van der Waals surface area (Å²) in [5.74, 6) is 1.35. The Morgan fingerprint density at radius 1 is 1.21 bits per heavy atom. The van der Waals surface area contributed by atoms with Gasteiger partial charge in [-0.1, -0.05) is 23.4 Å². The van der Waals surface area contributed by atoms with Gasteiger partial charge in [0.25, 0.3) is 0 Å². The third-order valence-corrected chi connectivity index (χ3v) is 2.85. The fourth-order valence-electron chi connectivity index (χ4n) is 1.80. The van der Waals surface area contributed by atoms with Crippen LogP contribution < -0.4 is 5.73 Å². The van der Waals surface area contributed by atoms with Gasteiger partial charge >= 0.3 is 0 Å². The number of nitrogen functional groups attached to an aromatic ring is 1. The molecule has 5 heteroatoms. The molecule has 0 aliphatic carbocycles. The number of para-hydroxylation sites is 1. The summed E-state index contributed by atoms with van der Waals surface area (Å²) < 4.78 is 10.5. The lowest BCUT2D eigenvalue weighted by Gasteiger charge is -2.02. The van der Waals surface area contributed by atoms with Gasteiger partial charge in [0.05, 0.1) is 6.61 Å². The van der Waals surface area contributed by atoms with E-state index >= 15 is 0 Å². The van der Waals surface area contributed by atoms with Crippen LogP contribution in [-0.2, 0) is 24.0 Å². The molecule has 0 saturated carbocycles. The van der Waals surface area contributed by atoms with Crippen LogP contribution in [0.15, 0.2) is 28.8 Å². The molecule has 0 spiro atoms. The Morgan fingerprint density at radius 2 is 2.05 bits per heavy atom. The van der Waals surface area contributed by atoms with E-state index in [0.29, 0.717) is 37.8 Å². The Morgan fingerprint density at radius 3 is 2.84 bits per heavy atom. The van der Waals surface area contributed by atoms with Crippen molar-refractivity contribution in [3.8, 4) is 0 Å². The van der Waals surface area contributed by atoms with E-state index in [-0.39, 0.29) is 0 Å². The monoisotopic (exact) mass is 261 g/mol. The fourth-order valence-corrected chi connectivity index (χ4v) is 1.80. The number of ether oxygens (including phenoxy) is 1. The van der Waals surface area contributed by atoms with Crippen LogP contribution in [0.1, 0.15) is 24.2 Å². The molecule has 2 rings (SSSR count). The van der Waals surface area contributed by atoms with Gasteiger partial charge < -0.3 is 15.0 Å². The van der Waals surface area contributed by atoms with Crippen LogP contribution in [0.3, 0.4) is 0 Å². The maximum atomic E-state index is 5.89. The smallest absolute Gasteiger partial charge is 0.226 e. The average Bonchev–Trinajstić information content (AvgIpc) is 2.86. The molecule has 5 nitrogen and oxygen atoms in total. The molecule has 0 saturated heterocycles. The van der Waals surface area contributed by atoms with Gasteiger partial charge in [-0.05, 0) is 25.0 Å². The van der Waals surface area contributed by atoms with Crippen LogP contribution >= 0.6 is 0 Å². The highest BCUT2D eigenvalue weighted by Crippen LogP contribution is 2.13. The van der Waals surface area contributed by atoms with E-state index in [4.69, 9.17) is 15.0 Å². The van der Waals surface area contributed by atoms with E-state index in [1.165, 1.54) is 0 Å². The van der Waals surface area contributed by atoms with Crippen molar-refractivity contribution in [2.45, 2.75) is 26.2 Å². The van der Waals surface area contributed by atoms with E-state index in [2.05, 4.69) is 10.1 Å². The Labute approximate surface area is 112 Å². The van der Waals surface area contributed by atoms with E-state index < -0.39 is 0 Å². The summed E-state index contributed by atoms with van der Waals surface area (Å²) in [5.41, 5.74) is 7.80. The van der Waals surface area contributed by atoms with Crippen LogP contribution in [0.4, 0.5) is 5.69 Å². The molecule has 102 valence electrons. The molecule has 19 heavy (non-hydrogen) atoms. The van der Waals surface area contributed by atoms with Crippen molar-refractivity contribution in [2.75, 3.05) is 18.9 Å². The minimum Gasteiger partial charge on any atom is -0.399 e. The number of aromatic nitrogens is 2. The summed E-state index contributed by atoms with van der Waals surface area (Å²) in [7, 11) is 0. The maximum Gasteiger partial charge on any atom is 0.226 e. The number of benzene rings is 1. The van der Waals surface area contributed by atoms with Gasteiger partial charge in [-0.3, -0.25) is 0 Å². The molecule has 0 unspecified atom stereocenters. The van der Waals surface area contributed by atoms with Crippen LogP contribution in [0.5, 0.6) is 0 Å². The Hall–Kier alpha value is -1.88. The van der Waals surface area contributed by atoms with Crippen molar-refractivity contribution in [3.05, 3.63) is 41.5 Å². The van der Waals surface area contributed by atoms with Gasteiger partial charge in [0.2, 0.25) is 5.89 Å². The van der Waals surface area contributed by atoms with Crippen molar-refractivity contribution in [1.82, 2.24) is 10.1 Å². The topological polar surface area (TPSA) is 74.2 Å². The molecule has 1 aromatic heterocycles. The van der Waals surface area contributed by atoms with Gasteiger partial charge in [0, 0.05) is 25.1 Å². The SMILES string of the molecule is CCOCCc1noc(CCc2ccccc2N)n1. The zero-order valence-corrected chi connectivity index (χ0v) is 11.1. The van der Waals surface area contributed by atoms with Crippen molar-refractivity contribution < 1.29 is 9.26 Å². The van der Waals surface area contributed by atoms with Crippen LogP contribution in [0.25, 0.3) is 0 Å². The maximum absolute atomic E-state index is 5.89. The summed E-state index contributed by atoms with van der Waals surface area (Å²) >= 11 is 0. The molecular weight excluding hydrogens is 242 g/mol. The van der Waals surface area contributed by atoms with E-state index in [1.807, 2.05) is 31.2 Å². The van der Waals surface area contributed by atoms with Gasteiger partial charge in [-0.2, -0.15) is 4.98 Å². The predicted octanol–water partition coefficient (Wildman–Crippen LogP) is 2.02. The first kappa shape index (κ1) is 13.5. The number of hydrogen-bond donors (Lipinski definition) is 1. The fraction of sp³-hybridized carbons (Fsp3) is 0.429. The predicted molar refractivity (Wildman–Crippen MR) is 72.8 cm³/mol. The third kappa shape index (κ3) is 4.06. The molecule has 0 aliphatic heterocycles. The number of nitrogens with two attached hydrogens (primary N) is 1. The van der Waals surface area contributed by atoms with Crippen LogP contribution in [0, 0.1) is 0 Å². The lowest BCUT2D eigenvalue weighted by atomic mass is 10.1. The highest BCUT2D eigenvalue weighted by atomic mass is 16.5. The minimum atomic E-state index is 0.626. The molecule has 2 N–H and O–H groups in total. The van der Waals surface area contributed by atoms with E-state index in [1.54, 1.807) is 0 Å². The highest BCUT2D eigenvalue weighted by molar-refractivity contribution is 5.46. The molecule has 0 aliphatic rings. The first-order valence-electron chi connectivity index (χ1n) is 6.52. The molecule has 1 heterocycles. The zero-order valence-electron chi connectivity index (χ0n) is 11.1. The quantitative estimate of drug-likeness (QED) is 0.609. The number of hydrogen-bond acceptors (Lipinski definition) is 5. The second kappa shape index (κ2) is 6.89. The molecule has 0 amide bonds. The lowest BCUT2D eigenvalue weighted by molar-refractivity contribution is 0.149. The zero-order chi connectivity index (χ0) is 13.5. The summed E-state index contributed by atoms with van der Waals surface area (Å²) in [5, 5.41) is 3.93. The average molecular weight is 261 g/mol. The van der Waals surface area contributed by atoms with Gasteiger partial charge in [-0.25, -0.2) is 0 Å². The second-order valence-corrected chi connectivity index (χ2v) is 4.25. The number of nitrogens with zero attached hydrogens (tertiary/aromatic N) is 2. The van der Waals surface area contributed by atoms with E-state index in [0.717, 1.165) is 17.7 Å². The summed E-state index contributed by atoms with van der Waals surface area (Å²) in [4.78, 5) is 4.33. The van der Waals surface area contributed by atoms with E-state index in [9.17, 15) is 0 Å². The van der Waals surface area contributed by atoms with Crippen LogP contribution in [-0.4, -0.2) is 23.4 Å².